The van der Waals surface area contributed by atoms with E-state index in [1.807, 2.05) is 6.07 Å². The molecule has 1 aromatic heterocycles. The van der Waals surface area contributed by atoms with Crippen molar-refractivity contribution >= 4 is 5.97 Å². The van der Waals surface area contributed by atoms with Crippen LogP contribution in [0.1, 0.15) is 12.6 Å². The Morgan fingerprint density at radius 1 is 1.75 bits per heavy atom. The highest BCUT2D eigenvalue weighted by Gasteiger charge is 1.92. The van der Waals surface area contributed by atoms with Crippen molar-refractivity contribution in [1.29, 1.82) is 0 Å². The van der Waals surface area contributed by atoms with Crippen molar-refractivity contribution in [3.8, 4) is 11.8 Å². The lowest BCUT2D eigenvalue weighted by Crippen LogP contribution is -1.99. The van der Waals surface area contributed by atoms with Gasteiger partial charge in [-0.05, 0) is 25.0 Å². The number of esters is 1. The Morgan fingerprint density at radius 3 is 3.17 bits per heavy atom. The summed E-state index contributed by atoms with van der Waals surface area (Å²) in [7, 11) is 0. The molecule has 1 N–H and O–H groups in total. The Balaban J connectivity index is 2.54. The largest absolute Gasteiger partial charge is 0.456 e. The first-order valence-corrected chi connectivity index (χ1v) is 3.65. The summed E-state index contributed by atoms with van der Waals surface area (Å²) in [6.45, 7) is 2.10. The SMILES string of the molecule is CCOC(=O)C#Cc1ccc[nH]1. The number of carbonyl (C=O) groups is 1. The van der Waals surface area contributed by atoms with Crippen molar-refractivity contribution in [1.82, 2.24) is 4.98 Å². The van der Waals surface area contributed by atoms with Crippen LogP contribution in [0.5, 0.6) is 0 Å². The molecular formula is C9H9NO2. The van der Waals surface area contributed by atoms with E-state index in [0.717, 1.165) is 0 Å². The van der Waals surface area contributed by atoms with E-state index in [0.29, 0.717) is 12.3 Å². The van der Waals surface area contributed by atoms with E-state index in [1.54, 1.807) is 19.2 Å². The maximum Gasteiger partial charge on any atom is 0.384 e. The number of nitrogens with one attached hydrogen (secondary N) is 1. The molecule has 0 aliphatic rings. The van der Waals surface area contributed by atoms with Crippen LogP contribution >= 0.6 is 0 Å². The van der Waals surface area contributed by atoms with Crippen LogP contribution in [0, 0.1) is 11.8 Å². The van der Waals surface area contributed by atoms with Gasteiger partial charge in [0.25, 0.3) is 0 Å². The van der Waals surface area contributed by atoms with E-state index in [2.05, 4.69) is 21.6 Å². The van der Waals surface area contributed by atoms with Crippen LogP contribution in [-0.4, -0.2) is 17.6 Å². The van der Waals surface area contributed by atoms with Gasteiger partial charge < -0.3 is 9.72 Å². The predicted molar refractivity (Wildman–Crippen MR) is 44.3 cm³/mol. The summed E-state index contributed by atoms with van der Waals surface area (Å²) in [5, 5.41) is 0. The summed E-state index contributed by atoms with van der Waals surface area (Å²) >= 11 is 0. The van der Waals surface area contributed by atoms with Gasteiger partial charge in [0, 0.05) is 12.1 Å². The fraction of sp³-hybridized carbons (Fsp3) is 0.222. The van der Waals surface area contributed by atoms with E-state index < -0.39 is 5.97 Å². The summed E-state index contributed by atoms with van der Waals surface area (Å²) in [6.07, 6.45) is 1.75. The molecule has 3 heteroatoms. The highest BCUT2D eigenvalue weighted by atomic mass is 16.5. The van der Waals surface area contributed by atoms with E-state index in [1.165, 1.54) is 0 Å². The normalized spacial score (nSPS) is 8.42. The lowest BCUT2D eigenvalue weighted by atomic mass is 10.4. The summed E-state index contributed by atoms with van der Waals surface area (Å²) in [6, 6.07) is 3.60. The fourth-order valence-corrected chi connectivity index (χ4v) is 0.694. The minimum atomic E-state index is -0.493. The molecule has 0 aliphatic carbocycles. The maximum atomic E-state index is 10.7. The summed E-state index contributed by atoms with van der Waals surface area (Å²) in [5.41, 5.74) is 0.711. The van der Waals surface area contributed by atoms with Crippen molar-refractivity contribution in [3.63, 3.8) is 0 Å². The van der Waals surface area contributed by atoms with Crippen molar-refractivity contribution in [2.45, 2.75) is 6.92 Å². The molecule has 0 radical (unpaired) electrons. The van der Waals surface area contributed by atoms with E-state index in [9.17, 15) is 4.79 Å². The topological polar surface area (TPSA) is 42.1 Å². The molecule has 1 rings (SSSR count). The molecule has 3 nitrogen and oxygen atoms in total. The van der Waals surface area contributed by atoms with E-state index in [-0.39, 0.29) is 0 Å². The number of aromatic nitrogens is 1. The molecular weight excluding hydrogens is 154 g/mol. The van der Waals surface area contributed by atoms with Gasteiger partial charge in [0.2, 0.25) is 0 Å². The van der Waals surface area contributed by atoms with Crippen molar-refractivity contribution in [2.75, 3.05) is 6.61 Å². The molecule has 12 heavy (non-hydrogen) atoms. The third-order valence-corrected chi connectivity index (χ3v) is 1.17. The van der Waals surface area contributed by atoms with E-state index in [4.69, 9.17) is 0 Å². The number of hydrogen-bond acceptors (Lipinski definition) is 2. The van der Waals surface area contributed by atoms with Crippen molar-refractivity contribution in [3.05, 3.63) is 24.0 Å². The second-order valence-electron chi connectivity index (χ2n) is 2.05. The summed E-state index contributed by atoms with van der Waals surface area (Å²) in [4.78, 5) is 13.6. The number of H-pyrrole nitrogens is 1. The van der Waals surface area contributed by atoms with Crippen LogP contribution < -0.4 is 0 Å². The Labute approximate surface area is 70.7 Å². The fourth-order valence-electron chi connectivity index (χ4n) is 0.694. The minimum absolute atomic E-state index is 0.359. The lowest BCUT2D eigenvalue weighted by molar-refractivity contribution is -0.136. The third kappa shape index (κ3) is 2.51. The van der Waals surface area contributed by atoms with Gasteiger partial charge in [0.05, 0.1) is 12.3 Å². The number of hydrogen-bond donors (Lipinski definition) is 1. The molecule has 0 amide bonds. The number of aromatic amines is 1. The molecule has 1 aromatic rings. The smallest absolute Gasteiger partial charge is 0.384 e. The van der Waals surface area contributed by atoms with Gasteiger partial charge >= 0.3 is 5.97 Å². The van der Waals surface area contributed by atoms with Gasteiger partial charge in [-0.1, -0.05) is 0 Å². The Kier molecular flexibility index (Phi) is 2.97. The second-order valence-corrected chi connectivity index (χ2v) is 2.05. The van der Waals surface area contributed by atoms with Crippen LogP contribution in [0.4, 0.5) is 0 Å². The first-order valence-electron chi connectivity index (χ1n) is 3.65. The molecule has 0 fully saturated rings. The average molecular weight is 163 g/mol. The van der Waals surface area contributed by atoms with Crippen LogP contribution in [0.15, 0.2) is 18.3 Å². The summed E-state index contributed by atoms with van der Waals surface area (Å²) in [5.74, 6) is 4.48. The van der Waals surface area contributed by atoms with Gasteiger partial charge in [-0.15, -0.1) is 0 Å². The van der Waals surface area contributed by atoms with Gasteiger partial charge in [0.15, 0.2) is 0 Å². The first-order chi connectivity index (χ1) is 5.83. The highest BCUT2D eigenvalue weighted by molar-refractivity contribution is 5.88. The molecule has 0 saturated heterocycles. The zero-order valence-corrected chi connectivity index (χ0v) is 6.76. The number of rotatable bonds is 1. The molecule has 1 heterocycles. The van der Waals surface area contributed by atoms with Crippen molar-refractivity contribution < 1.29 is 9.53 Å². The highest BCUT2D eigenvalue weighted by Crippen LogP contribution is 1.89. The minimum Gasteiger partial charge on any atom is -0.456 e. The Hall–Kier alpha value is -1.69. The summed E-state index contributed by atoms with van der Waals surface area (Å²) < 4.78 is 4.61. The Morgan fingerprint density at radius 2 is 2.58 bits per heavy atom. The molecule has 0 unspecified atom stereocenters. The molecule has 0 atom stereocenters. The molecule has 0 spiro atoms. The van der Waals surface area contributed by atoms with Crippen LogP contribution in [0.25, 0.3) is 0 Å². The quantitative estimate of drug-likeness (QED) is 0.494. The molecule has 0 bridgehead atoms. The zero-order valence-electron chi connectivity index (χ0n) is 6.76. The second kappa shape index (κ2) is 4.24. The van der Waals surface area contributed by atoms with Gasteiger partial charge in [-0.3, -0.25) is 0 Å². The van der Waals surface area contributed by atoms with Crippen LogP contribution in [0.2, 0.25) is 0 Å². The van der Waals surface area contributed by atoms with Gasteiger partial charge in [0.1, 0.15) is 0 Å². The zero-order chi connectivity index (χ0) is 8.81. The predicted octanol–water partition coefficient (Wildman–Crippen LogP) is 0.929. The first kappa shape index (κ1) is 8.41. The maximum absolute atomic E-state index is 10.7. The van der Waals surface area contributed by atoms with Gasteiger partial charge in [-0.25, -0.2) is 4.79 Å². The monoisotopic (exact) mass is 163 g/mol. The number of carbonyl (C=O) groups excluding carboxylic acids is 1. The standard InChI is InChI=1S/C9H9NO2/c1-2-12-9(11)6-5-8-4-3-7-10-8/h3-4,7,10H,2H2,1H3. The van der Waals surface area contributed by atoms with Gasteiger partial charge in [-0.2, -0.15) is 0 Å². The Bertz CT molecular complexity index is 303. The lowest BCUT2D eigenvalue weighted by Gasteiger charge is -1.89. The van der Waals surface area contributed by atoms with E-state index >= 15 is 0 Å². The molecule has 0 saturated carbocycles. The van der Waals surface area contributed by atoms with Crippen LogP contribution in [-0.2, 0) is 9.53 Å². The third-order valence-electron chi connectivity index (χ3n) is 1.17. The molecule has 62 valence electrons. The van der Waals surface area contributed by atoms with Crippen molar-refractivity contribution in [2.24, 2.45) is 0 Å². The molecule has 0 aliphatic heterocycles. The molecule has 0 aromatic carbocycles. The average Bonchev–Trinajstić information content (AvgIpc) is 2.53. The van der Waals surface area contributed by atoms with Crippen LogP contribution in [0.3, 0.4) is 0 Å². The number of ether oxygens (including phenoxy) is 1.